The van der Waals surface area contributed by atoms with Crippen LogP contribution in [0.4, 0.5) is 5.69 Å². The van der Waals surface area contributed by atoms with Gasteiger partial charge in [0.05, 0.1) is 5.56 Å². The first-order chi connectivity index (χ1) is 15.2. The van der Waals surface area contributed by atoms with Crippen LogP contribution >= 0.6 is 0 Å². The van der Waals surface area contributed by atoms with Crippen molar-refractivity contribution in [3.63, 3.8) is 0 Å². The van der Waals surface area contributed by atoms with Crippen molar-refractivity contribution in [2.75, 3.05) is 18.5 Å². The zero-order valence-electron chi connectivity index (χ0n) is 18.6. The molecule has 1 aliphatic rings. The minimum absolute atomic E-state index is 0.176. The largest absolute Gasteiger partial charge is 0.456 e. The molecule has 1 aromatic heterocycles. The average molecular weight is 440 g/mol. The molecule has 0 radical (unpaired) electrons. The zero-order chi connectivity index (χ0) is 23.2. The van der Waals surface area contributed by atoms with Crippen LogP contribution in [-0.4, -0.2) is 47.0 Å². The Morgan fingerprint density at radius 2 is 1.81 bits per heavy atom. The molecule has 9 nitrogen and oxygen atoms in total. The lowest BCUT2D eigenvalue weighted by Crippen LogP contribution is -2.55. The number of aromatic nitrogens is 1. The van der Waals surface area contributed by atoms with E-state index in [0.717, 1.165) is 0 Å². The molecule has 0 unspecified atom stereocenters. The molecule has 0 aliphatic carbocycles. The number of carbonyl (C=O) groups is 2. The SMILES string of the molecule is CC(C)(C)OC(=O)c1cccc(NC2(C(=O)N/N=C(\N)c3ccncc3)CCOCC2)c1. The first-order valence-electron chi connectivity index (χ1n) is 10.4. The molecule has 1 fully saturated rings. The number of nitrogens with zero attached hydrogens (tertiary/aromatic N) is 2. The van der Waals surface area contributed by atoms with Gasteiger partial charge in [-0.1, -0.05) is 6.07 Å². The third kappa shape index (κ3) is 6.04. The predicted molar refractivity (Wildman–Crippen MR) is 121 cm³/mol. The second kappa shape index (κ2) is 9.78. The molecule has 1 amide bonds. The van der Waals surface area contributed by atoms with Crippen molar-refractivity contribution in [1.82, 2.24) is 10.4 Å². The monoisotopic (exact) mass is 439 g/mol. The third-order valence-electron chi connectivity index (χ3n) is 4.92. The minimum Gasteiger partial charge on any atom is -0.456 e. The highest BCUT2D eigenvalue weighted by molar-refractivity contribution is 5.99. The number of amidine groups is 1. The number of pyridine rings is 1. The molecule has 0 spiro atoms. The van der Waals surface area contributed by atoms with Gasteiger partial charge in [0.25, 0.3) is 5.91 Å². The molecule has 2 aromatic rings. The molecular weight excluding hydrogens is 410 g/mol. The van der Waals surface area contributed by atoms with Crippen molar-refractivity contribution in [3.05, 3.63) is 59.9 Å². The molecule has 2 heterocycles. The fourth-order valence-corrected chi connectivity index (χ4v) is 3.27. The topological polar surface area (TPSA) is 128 Å². The number of hydrazone groups is 1. The molecule has 0 bridgehead atoms. The summed E-state index contributed by atoms with van der Waals surface area (Å²) in [6.45, 7) is 6.26. The second-order valence-corrected chi connectivity index (χ2v) is 8.58. The van der Waals surface area contributed by atoms with Gasteiger partial charge >= 0.3 is 5.97 Å². The Balaban J connectivity index is 1.78. The van der Waals surface area contributed by atoms with E-state index in [1.807, 2.05) is 20.8 Å². The lowest BCUT2D eigenvalue weighted by molar-refractivity contribution is -0.128. The van der Waals surface area contributed by atoms with Gasteiger partial charge in [-0.05, 0) is 51.1 Å². The van der Waals surface area contributed by atoms with Crippen LogP contribution in [0, 0.1) is 0 Å². The molecular formula is C23H29N5O4. The Labute approximate surface area is 187 Å². The highest BCUT2D eigenvalue weighted by Crippen LogP contribution is 2.27. The van der Waals surface area contributed by atoms with Crippen LogP contribution < -0.4 is 16.5 Å². The Morgan fingerprint density at radius 3 is 2.47 bits per heavy atom. The molecule has 0 atom stereocenters. The molecule has 1 saturated heterocycles. The summed E-state index contributed by atoms with van der Waals surface area (Å²) in [7, 11) is 0. The highest BCUT2D eigenvalue weighted by atomic mass is 16.6. The lowest BCUT2D eigenvalue weighted by atomic mass is 9.88. The van der Waals surface area contributed by atoms with Crippen molar-refractivity contribution >= 4 is 23.4 Å². The van der Waals surface area contributed by atoms with Crippen LogP contribution in [0.5, 0.6) is 0 Å². The molecule has 3 rings (SSSR count). The summed E-state index contributed by atoms with van der Waals surface area (Å²) in [4.78, 5) is 29.6. The molecule has 170 valence electrons. The first kappa shape index (κ1) is 23.2. The van der Waals surface area contributed by atoms with E-state index in [1.165, 1.54) is 0 Å². The fourth-order valence-electron chi connectivity index (χ4n) is 3.27. The quantitative estimate of drug-likeness (QED) is 0.273. The van der Waals surface area contributed by atoms with Gasteiger partial charge in [-0.2, -0.15) is 5.10 Å². The molecule has 0 saturated carbocycles. The summed E-state index contributed by atoms with van der Waals surface area (Å²) in [6, 6.07) is 10.3. The van der Waals surface area contributed by atoms with Crippen molar-refractivity contribution in [2.45, 2.75) is 44.8 Å². The maximum absolute atomic E-state index is 13.2. The van der Waals surface area contributed by atoms with E-state index in [0.29, 0.717) is 42.9 Å². The number of rotatable bonds is 6. The van der Waals surface area contributed by atoms with Crippen LogP contribution in [0.1, 0.15) is 49.5 Å². The van der Waals surface area contributed by atoms with E-state index < -0.39 is 17.1 Å². The van der Waals surface area contributed by atoms with Crippen LogP contribution in [0.3, 0.4) is 0 Å². The molecule has 32 heavy (non-hydrogen) atoms. The van der Waals surface area contributed by atoms with Crippen molar-refractivity contribution in [3.8, 4) is 0 Å². The number of amides is 1. The number of nitrogens with one attached hydrogen (secondary N) is 2. The predicted octanol–water partition coefficient (Wildman–Crippen LogP) is 2.43. The number of carbonyl (C=O) groups excluding carboxylic acids is 2. The van der Waals surface area contributed by atoms with Gasteiger partial charge < -0.3 is 20.5 Å². The summed E-state index contributed by atoms with van der Waals surface area (Å²) in [5.41, 5.74) is 8.66. The van der Waals surface area contributed by atoms with Gasteiger partial charge in [0.15, 0.2) is 5.84 Å². The fraction of sp³-hybridized carbons (Fsp3) is 0.391. The lowest BCUT2D eigenvalue weighted by Gasteiger charge is -2.36. The number of hydrogen-bond donors (Lipinski definition) is 3. The number of hydrogen-bond acceptors (Lipinski definition) is 7. The van der Waals surface area contributed by atoms with Gasteiger partial charge in [0.2, 0.25) is 0 Å². The van der Waals surface area contributed by atoms with Crippen molar-refractivity contribution in [2.24, 2.45) is 10.8 Å². The zero-order valence-corrected chi connectivity index (χ0v) is 18.6. The summed E-state index contributed by atoms with van der Waals surface area (Å²) in [6.07, 6.45) is 4.05. The third-order valence-corrected chi connectivity index (χ3v) is 4.92. The maximum atomic E-state index is 13.2. The van der Waals surface area contributed by atoms with Gasteiger partial charge in [0.1, 0.15) is 11.1 Å². The Morgan fingerprint density at radius 1 is 1.12 bits per heavy atom. The van der Waals surface area contributed by atoms with E-state index in [2.05, 4.69) is 20.8 Å². The van der Waals surface area contributed by atoms with Crippen molar-refractivity contribution in [1.29, 1.82) is 0 Å². The number of nitrogens with two attached hydrogens (primary N) is 1. The highest BCUT2D eigenvalue weighted by Gasteiger charge is 2.40. The van der Waals surface area contributed by atoms with Crippen molar-refractivity contribution < 1.29 is 19.1 Å². The van der Waals surface area contributed by atoms with E-state index >= 15 is 0 Å². The molecule has 1 aromatic carbocycles. The normalized spacial score (nSPS) is 16.2. The molecule has 9 heteroatoms. The number of benzene rings is 1. The van der Waals surface area contributed by atoms with Crippen LogP contribution in [0.25, 0.3) is 0 Å². The van der Waals surface area contributed by atoms with Crippen LogP contribution in [0.15, 0.2) is 53.9 Å². The van der Waals surface area contributed by atoms with Gasteiger partial charge in [-0.25, -0.2) is 10.2 Å². The Bertz CT molecular complexity index is 979. The van der Waals surface area contributed by atoms with Gasteiger partial charge in [-0.3, -0.25) is 9.78 Å². The Kier molecular flexibility index (Phi) is 7.09. The van der Waals surface area contributed by atoms with E-state index in [-0.39, 0.29) is 11.7 Å². The minimum atomic E-state index is -0.965. The van der Waals surface area contributed by atoms with Gasteiger partial charge in [0, 0.05) is 49.7 Å². The summed E-state index contributed by atoms with van der Waals surface area (Å²) in [5.74, 6) is -0.586. The number of anilines is 1. The second-order valence-electron chi connectivity index (χ2n) is 8.58. The van der Waals surface area contributed by atoms with Crippen LogP contribution in [-0.2, 0) is 14.3 Å². The molecule has 4 N–H and O–H groups in total. The number of esters is 1. The van der Waals surface area contributed by atoms with E-state index in [1.54, 1.807) is 48.8 Å². The first-order valence-corrected chi connectivity index (χ1v) is 10.4. The summed E-state index contributed by atoms with van der Waals surface area (Å²) in [5, 5.41) is 7.35. The summed E-state index contributed by atoms with van der Waals surface area (Å²) < 4.78 is 10.9. The van der Waals surface area contributed by atoms with Gasteiger partial charge in [-0.15, -0.1) is 0 Å². The van der Waals surface area contributed by atoms with E-state index in [9.17, 15) is 9.59 Å². The maximum Gasteiger partial charge on any atom is 0.338 e. The summed E-state index contributed by atoms with van der Waals surface area (Å²) >= 11 is 0. The van der Waals surface area contributed by atoms with E-state index in [4.69, 9.17) is 15.2 Å². The molecule has 1 aliphatic heterocycles. The Hall–Kier alpha value is -3.46. The average Bonchev–Trinajstić information content (AvgIpc) is 2.77. The number of ether oxygens (including phenoxy) is 2. The smallest absolute Gasteiger partial charge is 0.338 e. The van der Waals surface area contributed by atoms with Crippen LogP contribution in [0.2, 0.25) is 0 Å². The standard InChI is InChI=1S/C23H29N5O4/c1-22(2,3)32-20(29)17-5-4-6-18(15-17)26-23(9-13-31-14-10-23)21(30)28-27-19(24)16-7-11-25-12-8-16/h4-8,11-12,15,26H,9-10,13-14H2,1-3H3,(H2,24,27)(H,28,30).